The Morgan fingerprint density at radius 1 is 1.64 bits per heavy atom. The first-order valence-corrected chi connectivity index (χ1v) is 3.39. The van der Waals surface area contributed by atoms with E-state index in [1.54, 1.807) is 6.92 Å². The van der Waals surface area contributed by atoms with Crippen molar-refractivity contribution in [1.29, 1.82) is 0 Å². The minimum Gasteiger partial charge on any atom is -0.480 e. The Hall–Kier alpha value is -1.12. The standard InChI is InChI=1S/C8H12O3/c1-4-6(9)8(3,5-2)7(10)11/h4H,1,5H2,2-3H3,(H,10,11). The number of carbonyl (C=O) groups is 2. The molecule has 0 aromatic heterocycles. The van der Waals surface area contributed by atoms with E-state index in [4.69, 9.17) is 5.11 Å². The molecule has 0 aliphatic carbocycles. The number of hydrogen-bond acceptors (Lipinski definition) is 2. The van der Waals surface area contributed by atoms with E-state index < -0.39 is 17.2 Å². The van der Waals surface area contributed by atoms with Gasteiger partial charge in [-0.3, -0.25) is 9.59 Å². The molecule has 0 saturated carbocycles. The van der Waals surface area contributed by atoms with Crippen LogP contribution in [0.25, 0.3) is 0 Å². The number of hydrogen-bond donors (Lipinski definition) is 1. The average molecular weight is 156 g/mol. The predicted molar refractivity (Wildman–Crippen MR) is 41.2 cm³/mol. The van der Waals surface area contributed by atoms with Gasteiger partial charge < -0.3 is 5.11 Å². The second-order valence-electron chi connectivity index (χ2n) is 2.56. The van der Waals surface area contributed by atoms with Crippen molar-refractivity contribution < 1.29 is 14.7 Å². The lowest BCUT2D eigenvalue weighted by Crippen LogP contribution is -2.34. The highest BCUT2D eigenvalue weighted by molar-refractivity contribution is 6.07. The number of aliphatic carboxylic acids is 1. The molecule has 1 unspecified atom stereocenters. The SMILES string of the molecule is C=CC(=O)C(C)(CC)C(=O)O. The third kappa shape index (κ3) is 1.67. The zero-order valence-electron chi connectivity index (χ0n) is 6.76. The number of carboxylic acid groups (broad SMARTS) is 1. The van der Waals surface area contributed by atoms with Gasteiger partial charge in [0.15, 0.2) is 5.78 Å². The molecule has 0 aromatic rings. The Bertz CT molecular complexity index is 196. The van der Waals surface area contributed by atoms with Gasteiger partial charge in [0.05, 0.1) is 0 Å². The van der Waals surface area contributed by atoms with E-state index in [1.165, 1.54) is 6.92 Å². The number of allylic oxidation sites excluding steroid dienone is 1. The molecule has 11 heavy (non-hydrogen) atoms. The normalized spacial score (nSPS) is 15.1. The molecule has 0 bridgehead atoms. The van der Waals surface area contributed by atoms with Crippen LogP contribution >= 0.6 is 0 Å². The summed E-state index contributed by atoms with van der Waals surface area (Å²) in [7, 11) is 0. The highest BCUT2D eigenvalue weighted by Crippen LogP contribution is 2.22. The zero-order chi connectivity index (χ0) is 9.07. The topological polar surface area (TPSA) is 54.4 Å². The summed E-state index contributed by atoms with van der Waals surface area (Å²) in [6.07, 6.45) is 1.34. The Labute approximate surface area is 65.7 Å². The van der Waals surface area contributed by atoms with Crippen molar-refractivity contribution in [1.82, 2.24) is 0 Å². The molecule has 3 nitrogen and oxygen atoms in total. The molecule has 0 rings (SSSR count). The van der Waals surface area contributed by atoms with Gasteiger partial charge in [0.2, 0.25) is 0 Å². The number of carbonyl (C=O) groups excluding carboxylic acids is 1. The maximum atomic E-state index is 11.0. The van der Waals surface area contributed by atoms with E-state index in [-0.39, 0.29) is 6.42 Å². The summed E-state index contributed by atoms with van der Waals surface area (Å²) in [5, 5.41) is 8.67. The van der Waals surface area contributed by atoms with Gasteiger partial charge in [0.25, 0.3) is 0 Å². The molecule has 0 amide bonds. The summed E-state index contributed by atoms with van der Waals surface area (Å²) >= 11 is 0. The molecule has 1 atom stereocenters. The van der Waals surface area contributed by atoms with Crippen LogP contribution in [0.15, 0.2) is 12.7 Å². The van der Waals surface area contributed by atoms with Gasteiger partial charge in [-0.25, -0.2) is 0 Å². The van der Waals surface area contributed by atoms with Crippen LogP contribution in [0.2, 0.25) is 0 Å². The molecule has 0 radical (unpaired) electrons. The summed E-state index contributed by atoms with van der Waals surface area (Å²) in [6.45, 7) is 6.31. The molecule has 0 saturated heterocycles. The molecular formula is C8H12O3. The highest BCUT2D eigenvalue weighted by atomic mass is 16.4. The van der Waals surface area contributed by atoms with Crippen molar-refractivity contribution in [2.24, 2.45) is 5.41 Å². The Morgan fingerprint density at radius 3 is 2.18 bits per heavy atom. The Balaban J connectivity index is 4.73. The van der Waals surface area contributed by atoms with Gasteiger partial charge in [0, 0.05) is 0 Å². The molecule has 62 valence electrons. The molecule has 0 heterocycles. The van der Waals surface area contributed by atoms with Crippen LogP contribution in [-0.2, 0) is 9.59 Å². The van der Waals surface area contributed by atoms with Crippen LogP contribution in [0.5, 0.6) is 0 Å². The van der Waals surface area contributed by atoms with Crippen LogP contribution in [0.4, 0.5) is 0 Å². The lowest BCUT2D eigenvalue weighted by atomic mass is 9.83. The number of rotatable bonds is 4. The molecule has 1 N–H and O–H groups in total. The van der Waals surface area contributed by atoms with E-state index in [1.807, 2.05) is 0 Å². The second kappa shape index (κ2) is 3.32. The lowest BCUT2D eigenvalue weighted by molar-refractivity contribution is -0.152. The molecule has 0 aromatic carbocycles. The summed E-state index contributed by atoms with van der Waals surface area (Å²) in [5.41, 5.74) is -1.29. The zero-order valence-corrected chi connectivity index (χ0v) is 6.76. The largest absolute Gasteiger partial charge is 0.480 e. The van der Waals surface area contributed by atoms with E-state index in [0.29, 0.717) is 0 Å². The van der Waals surface area contributed by atoms with Crippen LogP contribution in [0, 0.1) is 5.41 Å². The van der Waals surface area contributed by atoms with E-state index in [0.717, 1.165) is 6.08 Å². The maximum Gasteiger partial charge on any atom is 0.317 e. The minimum atomic E-state index is -1.29. The number of carboxylic acids is 1. The van der Waals surface area contributed by atoms with Crippen LogP contribution < -0.4 is 0 Å². The summed E-state index contributed by atoms with van der Waals surface area (Å²) in [4.78, 5) is 21.6. The summed E-state index contributed by atoms with van der Waals surface area (Å²) < 4.78 is 0. The lowest BCUT2D eigenvalue weighted by Gasteiger charge is -2.18. The first kappa shape index (κ1) is 9.88. The van der Waals surface area contributed by atoms with Gasteiger partial charge in [-0.2, -0.15) is 0 Å². The number of ketones is 1. The van der Waals surface area contributed by atoms with Crippen molar-refractivity contribution in [3.05, 3.63) is 12.7 Å². The highest BCUT2D eigenvalue weighted by Gasteiger charge is 2.37. The van der Waals surface area contributed by atoms with Gasteiger partial charge >= 0.3 is 5.97 Å². The fourth-order valence-electron chi connectivity index (χ4n) is 0.656. The van der Waals surface area contributed by atoms with Gasteiger partial charge in [-0.1, -0.05) is 13.5 Å². The summed E-state index contributed by atoms with van der Waals surface area (Å²) in [5.74, 6) is -1.53. The smallest absolute Gasteiger partial charge is 0.317 e. The van der Waals surface area contributed by atoms with Crippen LogP contribution in [0.3, 0.4) is 0 Å². The fraction of sp³-hybridized carbons (Fsp3) is 0.500. The quantitative estimate of drug-likeness (QED) is 0.492. The molecule has 3 heteroatoms. The molecule has 0 spiro atoms. The van der Waals surface area contributed by atoms with Crippen LogP contribution in [0.1, 0.15) is 20.3 Å². The van der Waals surface area contributed by atoms with Crippen molar-refractivity contribution in [3.63, 3.8) is 0 Å². The van der Waals surface area contributed by atoms with Gasteiger partial charge in [0.1, 0.15) is 5.41 Å². The van der Waals surface area contributed by atoms with E-state index in [9.17, 15) is 9.59 Å². The third-order valence-electron chi connectivity index (χ3n) is 1.91. The molecular weight excluding hydrogens is 144 g/mol. The molecule has 0 aliphatic rings. The van der Waals surface area contributed by atoms with Crippen molar-refractivity contribution >= 4 is 11.8 Å². The second-order valence-corrected chi connectivity index (χ2v) is 2.56. The first-order chi connectivity index (χ1) is 4.99. The summed E-state index contributed by atoms with van der Waals surface area (Å²) in [6, 6.07) is 0. The van der Waals surface area contributed by atoms with Crippen molar-refractivity contribution in [2.45, 2.75) is 20.3 Å². The monoisotopic (exact) mass is 156 g/mol. The molecule has 0 fully saturated rings. The first-order valence-electron chi connectivity index (χ1n) is 3.39. The van der Waals surface area contributed by atoms with Crippen LogP contribution in [-0.4, -0.2) is 16.9 Å². The van der Waals surface area contributed by atoms with Gasteiger partial charge in [-0.05, 0) is 19.4 Å². The van der Waals surface area contributed by atoms with Crippen molar-refractivity contribution in [3.8, 4) is 0 Å². The predicted octanol–water partition coefficient (Wildman–Crippen LogP) is 1.24. The minimum absolute atomic E-state index is 0.285. The van der Waals surface area contributed by atoms with Gasteiger partial charge in [-0.15, -0.1) is 0 Å². The fourth-order valence-corrected chi connectivity index (χ4v) is 0.656. The Kier molecular flexibility index (Phi) is 2.99. The average Bonchev–Trinajstić information content (AvgIpc) is 2.01. The Morgan fingerprint density at radius 2 is 2.09 bits per heavy atom. The van der Waals surface area contributed by atoms with E-state index in [2.05, 4.69) is 6.58 Å². The molecule has 0 aliphatic heterocycles. The maximum absolute atomic E-state index is 11.0. The third-order valence-corrected chi connectivity index (χ3v) is 1.91. The van der Waals surface area contributed by atoms with E-state index >= 15 is 0 Å². The van der Waals surface area contributed by atoms with Crippen molar-refractivity contribution in [2.75, 3.05) is 0 Å².